The summed E-state index contributed by atoms with van der Waals surface area (Å²) < 4.78 is 5.10. The Bertz CT molecular complexity index is 122. The van der Waals surface area contributed by atoms with Crippen molar-refractivity contribution in [2.75, 3.05) is 19.8 Å². The molecule has 3 heteroatoms. The van der Waals surface area contributed by atoms with Crippen molar-refractivity contribution in [2.45, 2.75) is 6.92 Å². The van der Waals surface area contributed by atoms with Gasteiger partial charge in [0.2, 0.25) is 0 Å². The van der Waals surface area contributed by atoms with E-state index >= 15 is 0 Å². The van der Waals surface area contributed by atoms with Crippen molar-refractivity contribution in [3.63, 3.8) is 0 Å². The maximum absolute atomic E-state index is 8.63. The van der Waals surface area contributed by atoms with Gasteiger partial charge in [-0.1, -0.05) is 6.92 Å². The molecule has 1 aliphatic rings. The van der Waals surface area contributed by atoms with Gasteiger partial charge in [0.25, 0.3) is 0 Å². The number of nitrogens with zero attached hydrogens (tertiary/aromatic N) is 1. The van der Waals surface area contributed by atoms with Gasteiger partial charge in [-0.2, -0.15) is 0 Å². The summed E-state index contributed by atoms with van der Waals surface area (Å²) in [5, 5.41) is 8.63. The first-order valence-electron chi connectivity index (χ1n) is 3.12. The van der Waals surface area contributed by atoms with Crippen LogP contribution in [0.15, 0.2) is 4.99 Å². The highest BCUT2D eigenvalue weighted by Crippen LogP contribution is 2.04. The van der Waals surface area contributed by atoms with Crippen molar-refractivity contribution in [3.8, 4) is 0 Å². The van der Waals surface area contributed by atoms with Crippen molar-refractivity contribution in [3.05, 3.63) is 0 Å². The zero-order valence-corrected chi connectivity index (χ0v) is 5.50. The van der Waals surface area contributed by atoms with Gasteiger partial charge < -0.3 is 9.84 Å². The second-order valence-corrected chi connectivity index (χ2v) is 2.15. The van der Waals surface area contributed by atoms with Crippen LogP contribution in [0.1, 0.15) is 6.92 Å². The summed E-state index contributed by atoms with van der Waals surface area (Å²) in [6.07, 6.45) is 0. The third-order valence-corrected chi connectivity index (χ3v) is 1.30. The van der Waals surface area contributed by atoms with Crippen LogP contribution in [-0.2, 0) is 4.74 Å². The Labute approximate surface area is 54.4 Å². The summed E-state index contributed by atoms with van der Waals surface area (Å²) in [7, 11) is 0. The molecule has 0 saturated carbocycles. The van der Waals surface area contributed by atoms with Crippen LogP contribution in [0.2, 0.25) is 0 Å². The molecule has 1 atom stereocenters. The van der Waals surface area contributed by atoms with Crippen LogP contribution in [-0.4, -0.2) is 30.8 Å². The van der Waals surface area contributed by atoms with Gasteiger partial charge in [-0.05, 0) is 0 Å². The van der Waals surface area contributed by atoms with Crippen LogP contribution < -0.4 is 0 Å². The van der Waals surface area contributed by atoms with E-state index < -0.39 is 0 Å². The first-order chi connectivity index (χ1) is 4.34. The second-order valence-electron chi connectivity index (χ2n) is 2.15. The molecule has 0 aromatic carbocycles. The van der Waals surface area contributed by atoms with Crippen molar-refractivity contribution in [1.29, 1.82) is 0 Å². The van der Waals surface area contributed by atoms with Crippen LogP contribution in [0.4, 0.5) is 0 Å². The van der Waals surface area contributed by atoms with Crippen molar-refractivity contribution in [1.82, 2.24) is 0 Å². The Kier molecular flexibility index (Phi) is 2.05. The van der Waals surface area contributed by atoms with Gasteiger partial charge in [-0.3, -0.25) is 4.99 Å². The Morgan fingerprint density at radius 2 is 2.67 bits per heavy atom. The van der Waals surface area contributed by atoms with E-state index in [1.165, 1.54) is 0 Å². The standard InChI is InChI=1S/C6H11NO2/c1-5(4-8)6-7-2-3-9-6/h5,8H,2-4H2,1H3. The van der Waals surface area contributed by atoms with Crippen LogP contribution in [0, 0.1) is 5.92 Å². The molecule has 0 fully saturated rings. The fraction of sp³-hybridized carbons (Fsp3) is 0.833. The maximum atomic E-state index is 8.63. The smallest absolute Gasteiger partial charge is 0.188 e. The van der Waals surface area contributed by atoms with Crippen molar-refractivity contribution in [2.24, 2.45) is 10.9 Å². The molecule has 0 bridgehead atoms. The van der Waals surface area contributed by atoms with E-state index in [1.54, 1.807) is 0 Å². The summed E-state index contributed by atoms with van der Waals surface area (Å²) in [4.78, 5) is 4.04. The molecule has 1 N–H and O–H groups in total. The highest BCUT2D eigenvalue weighted by molar-refractivity contribution is 5.79. The fourth-order valence-corrected chi connectivity index (χ4v) is 0.728. The number of aliphatic hydroxyl groups excluding tert-OH is 1. The van der Waals surface area contributed by atoms with Crippen LogP contribution >= 0.6 is 0 Å². The molecule has 1 rings (SSSR count). The van der Waals surface area contributed by atoms with E-state index in [-0.39, 0.29) is 12.5 Å². The Morgan fingerprint density at radius 3 is 3.11 bits per heavy atom. The van der Waals surface area contributed by atoms with E-state index in [4.69, 9.17) is 9.84 Å². The largest absolute Gasteiger partial charge is 0.479 e. The van der Waals surface area contributed by atoms with Gasteiger partial charge in [-0.15, -0.1) is 0 Å². The zero-order valence-electron chi connectivity index (χ0n) is 5.50. The summed E-state index contributed by atoms with van der Waals surface area (Å²) in [6, 6.07) is 0. The first-order valence-corrected chi connectivity index (χ1v) is 3.12. The minimum absolute atomic E-state index is 0.0764. The normalized spacial score (nSPS) is 20.9. The number of aliphatic imine (C=N–C) groups is 1. The summed E-state index contributed by atoms with van der Waals surface area (Å²) in [5.74, 6) is 0.782. The topological polar surface area (TPSA) is 41.8 Å². The van der Waals surface area contributed by atoms with Gasteiger partial charge in [0.1, 0.15) is 6.61 Å². The van der Waals surface area contributed by atoms with Crippen LogP contribution in [0.25, 0.3) is 0 Å². The van der Waals surface area contributed by atoms with Gasteiger partial charge in [-0.25, -0.2) is 0 Å². The lowest BCUT2D eigenvalue weighted by Crippen LogP contribution is -2.14. The number of hydrogen-bond donors (Lipinski definition) is 1. The predicted molar refractivity (Wildman–Crippen MR) is 34.5 cm³/mol. The number of aliphatic hydroxyl groups is 1. The van der Waals surface area contributed by atoms with E-state index in [9.17, 15) is 0 Å². The molecular formula is C6H11NO2. The lowest BCUT2D eigenvalue weighted by molar-refractivity contribution is 0.242. The quantitative estimate of drug-likeness (QED) is 0.572. The molecule has 1 unspecified atom stereocenters. The molecule has 0 aromatic heterocycles. The SMILES string of the molecule is CC(CO)C1=NCCO1. The highest BCUT2D eigenvalue weighted by Gasteiger charge is 2.13. The molecule has 0 amide bonds. The molecule has 0 radical (unpaired) electrons. The summed E-state index contributed by atoms with van der Waals surface area (Å²) >= 11 is 0. The molecule has 0 aromatic rings. The number of rotatable bonds is 2. The highest BCUT2D eigenvalue weighted by atomic mass is 16.5. The third-order valence-electron chi connectivity index (χ3n) is 1.30. The Hall–Kier alpha value is -0.570. The third kappa shape index (κ3) is 1.42. The second kappa shape index (κ2) is 2.82. The van der Waals surface area contributed by atoms with Crippen molar-refractivity contribution < 1.29 is 9.84 Å². The maximum Gasteiger partial charge on any atom is 0.188 e. The molecule has 0 aliphatic carbocycles. The average Bonchev–Trinajstić information content (AvgIpc) is 2.37. The first kappa shape index (κ1) is 6.55. The van der Waals surface area contributed by atoms with E-state index in [0.29, 0.717) is 12.5 Å². The molecule has 3 nitrogen and oxygen atoms in total. The predicted octanol–water partition coefficient (Wildman–Crippen LogP) is 0.0435. The lowest BCUT2D eigenvalue weighted by atomic mass is 10.2. The molecule has 52 valence electrons. The van der Waals surface area contributed by atoms with Gasteiger partial charge in [0.15, 0.2) is 5.90 Å². The minimum atomic E-state index is 0.0764. The minimum Gasteiger partial charge on any atom is -0.479 e. The lowest BCUT2D eigenvalue weighted by Gasteiger charge is -2.05. The Balaban J connectivity index is 2.40. The monoisotopic (exact) mass is 129 g/mol. The van der Waals surface area contributed by atoms with E-state index in [0.717, 1.165) is 6.54 Å². The molecule has 1 aliphatic heterocycles. The molecule has 9 heavy (non-hydrogen) atoms. The van der Waals surface area contributed by atoms with E-state index in [1.807, 2.05) is 6.92 Å². The number of hydrogen-bond acceptors (Lipinski definition) is 3. The molecular weight excluding hydrogens is 118 g/mol. The van der Waals surface area contributed by atoms with Gasteiger partial charge in [0, 0.05) is 0 Å². The molecule has 0 spiro atoms. The Morgan fingerprint density at radius 1 is 1.89 bits per heavy atom. The average molecular weight is 129 g/mol. The molecule has 1 heterocycles. The van der Waals surface area contributed by atoms with Gasteiger partial charge in [0.05, 0.1) is 19.1 Å². The van der Waals surface area contributed by atoms with Crippen molar-refractivity contribution >= 4 is 5.90 Å². The van der Waals surface area contributed by atoms with E-state index in [2.05, 4.69) is 4.99 Å². The zero-order chi connectivity index (χ0) is 6.69. The fourth-order valence-electron chi connectivity index (χ4n) is 0.728. The molecule has 0 saturated heterocycles. The summed E-state index contributed by atoms with van der Waals surface area (Å²) in [5.41, 5.74) is 0. The summed E-state index contributed by atoms with van der Waals surface area (Å²) in [6.45, 7) is 3.45. The van der Waals surface area contributed by atoms with Crippen LogP contribution in [0.5, 0.6) is 0 Å². The van der Waals surface area contributed by atoms with Gasteiger partial charge >= 0.3 is 0 Å². The van der Waals surface area contributed by atoms with Crippen LogP contribution in [0.3, 0.4) is 0 Å². The number of ether oxygens (including phenoxy) is 1.